The molecule has 0 spiro atoms. The summed E-state index contributed by atoms with van der Waals surface area (Å²) in [5, 5.41) is 0.502. The summed E-state index contributed by atoms with van der Waals surface area (Å²) in [6.45, 7) is 0.0278. The summed E-state index contributed by atoms with van der Waals surface area (Å²) in [5.74, 6) is -0.826. The van der Waals surface area contributed by atoms with Crippen LogP contribution in [0.4, 0.5) is 4.79 Å². The first kappa shape index (κ1) is 17.8. The fraction of sp³-hybridized carbons (Fsp3) is 0.0588. The topological polar surface area (TPSA) is 64.6 Å². The minimum Gasteiger partial charge on any atom is -0.443 e. The monoisotopic (exact) mass is 365 g/mol. The van der Waals surface area contributed by atoms with Gasteiger partial charge in [0.05, 0.1) is 10.6 Å². The van der Waals surface area contributed by atoms with Crippen molar-refractivity contribution >= 4 is 41.3 Å². The fourth-order valence-electron chi connectivity index (χ4n) is 1.70. The van der Waals surface area contributed by atoms with Crippen LogP contribution in [-0.4, -0.2) is 18.7 Å². The third kappa shape index (κ3) is 5.61. The molecule has 0 heterocycles. The molecule has 2 rings (SSSR count). The number of hydroxylamine groups is 1. The van der Waals surface area contributed by atoms with Gasteiger partial charge in [0.1, 0.15) is 6.61 Å². The van der Waals surface area contributed by atoms with E-state index < -0.39 is 12.1 Å². The Hall–Kier alpha value is -2.50. The molecule has 0 aliphatic rings. The molecule has 5 nitrogen and oxygen atoms in total. The van der Waals surface area contributed by atoms with Crippen molar-refractivity contribution in [2.75, 3.05) is 6.61 Å². The van der Waals surface area contributed by atoms with E-state index in [1.54, 1.807) is 12.2 Å². The number of ether oxygens (including phenoxy) is 1. The zero-order valence-corrected chi connectivity index (χ0v) is 13.9. The van der Waals surface area contributed by atoms with Gasteiger partial charge in [-0.15, -0.1) is 5.48 Å². The first-order valence-electron chi connectivity index (χ1n) is 6.87. The number of hydrogen-bond donors (Lipinski definition) is 1. The molecular weight excluding hydrogens is 353 g/mol. The van der Waals surface area contributed by atoms with Gasteiger partial charge < -0.3 is 9.57 Å². The molecule has 0 aliphatic heterocycles. The summed E-state index contributed by atoms with van der Waals surface area (Å²) in [4.78, 5) is 27.8. The molecule has 124 valence electrons. The second kappa shape index (κ2) is 8.96. The number of amides is 1. The summed E-state index contributed by atoms with van der Waals surface area (Å²) in [6, 6.07) is 13.8. The van der Waals surface area contributed by atoms with E-state index in [9.17, 15) is 9.59 Å². The van der Waals surface area contributed by atoms with Gasteiger partial charge in [-0.3, -0.25) is 0 Å². The lowest BCUT2D eigenvalue weighted by atomic mass is 10.2. The lowest BCUT2D eigenvalue weighted by Crippen LogP contribution is -2.28. The van der Waals surface area contributed by atoms with E-state index in [4.69, 9.17) is 27.9 Å². The van der Waals surface area contributed by atoms with Crippen LogP contribution in [0.2, 0.25) is 10.0 Å². The van der Waals surface area contributed by atoms with Crippen molar-refractivity contribution in [3.05, 3.63) is 75.8 Å². The van der Waals surface area contributed by atoms with Crippen LogP contribution in [0.3, 0.4) is 0 Å². The van der Waals surface area contributed by atoms with Gasteiger partial charge in [-0.25, -0.2) is 9.59 Å². The molecule has 7 heteroatoms. The normalized spacial score (nSPS) is 10.4. The number of nitrogens with one attached hydrogen (secondary N) is 1. The Morgan fingerprint density at radius 1 is 1.08 bits per heavy atom. The Kier molecular flexibility index (Phi) is 6.66. The maximum atomic E-state index is 11.8. The zero-order valence-electron chi connectivity index (χ0n) is 12.4. The molecule has 0 bridgehead atoms. The van der Waals surface area contributed by atoms with Crippen LogP contribution in [-0.2, 0) is 9.57 Å². The Labute approximate surface area is 148 Å². The van der Waals surface area contributed by atoms with Crippen molar-refractivity contribution in [1.29, 1.82) is 0 Å². The van der Waals surface area contributed by atoms with Crippen molar-refractivity contribution in [2.45, 2.75) is 0 Å². The number of rotatable bonds is 4. The number of carbonyl (C=O) groups excluding carboxylic acids is 2. The van der Waals surface area contributed by atoms with Crippen LogP contribution in [0.5, 0.6) is 0 Å². The average molecular weight is 366 g/mol. The first-order chi connectivity index (χ1) is 11.6. The first-order valence-corrected chi connectivity index (χ1v) is 7.62. The SMILES string of the molecule is O=C(NOC(=O)c1ccc(Cl)cc1Cl)OC/C=C\c1ccccc1. The summed E-state index contributed by atoms with van der Waals surface area (Å²) in [6.07, 6.45) is 2.56. The van der Waals surface area contributed by atoms with Gasteiger partial charge in [-0.2, -0.15) is 0 Å². The summed E-state index contributed by atoms with van der Waals surface area (Å²) < 4.78 is 4.83. The van der Waals surface area contributed by atoms with Crippen LogP contribution >= 0.6 is 23.2 Å². The van der Waals surface area contributed by atoms with Crippen molar-refractivity contribution in [1.82, 2.24) is 5.48 Å². The molecule has 0 saturated heterocycles. The van der Waals surface area contributed by atoms with E-state index >= 15 is 0 Å². The van der Waals surface area contributed by atoms with Gasteiger partial charge in [0.25, 0.3) is 0 Å². The van der Waals surface area contributed by atoms with Crippen LogP contribution in [0.15, 0.2) is 54.6 Å². The molecule has 0 unspecified atom stereocenters. The molecule has 0 radical (unpaired) electrons. The van der Waals surface area contributed by atoms with Crippen molar-refractivity contribution in [2.24, 2.45) is 0 Å². The molecule has 2 aromatic carbocycles. The quantitative estimate of drug-likeness (QED) is 0.809. The number of halogens is 2. The minimum atomic E-state index is -0.897. The second-order valence-corrected chi connectivity index (χ2v) is 5.37. The molecule has 24 heavy (non-hydrogen) atoms. The average Bonchev–Trinajstić information content (AvgIpc) is 2.57. The third-order valence-electron chi connectivity index (χ3n) is 2.80. The molecular formula is C17H13Cl2NO4. The molecule has 0 atom stereocenters. The number of carbonyl (C=O) groups is 2. The third-order valence-corrected chi connectivity index (χ3v) is 3.35. The van der Waals surface area contributed by atoms with E-state index in [0.29, 0.717) is 5.02 Å². The largest absolute Gasteiger partial charge is 0.443 e. The summed E-state index contributed by atoms with van der Waals surface area (Å²) in [5.41, 5.74) is 2.94. The van der Waals surface area contributed by atoms with Crippen molar-refractivity contribution in [3.8, 4) is 0 Å². The Morgan fingerprint density at radius 2 is 1.83 bits per heavy atom. The lowest BCUT2D eigenvalue weighted by Gasteiger charge is -2.07. The lowest BCUT2D eigenvalue weighted by molar-refractivity contribution is 0.0223. The number of benzene rings is 2. The summed E-state index contributed by atoms with van der Waals surface area (Å²) in [7, 11) is 0. The van der Waals surface area contributed by atoms with Crippen molar-refractivity contribution < 1.29 is 19.2 Å². The highest BCUT2D eigenvalue weighted by Gasteiger charge is 2.14. The Bertz CT molecular complexity index is 748. The fourth-order valence-corrected chi connectivity index (χ4v) is 2.19. The van der Waals surface area contributed by atoms with Gasteiger partial charge >= 0.3 is 12.1 Å². The molecule has 0 aliphatic carbocycles. The second-order valence-electron chi connectivity index (χ2n) is 4.53. The van der Waals surface area contributed by atoms with Crippen LogP contribution in [0.25, 0.3) is 6.08 Å². The maximum absolute atomic E-state index is 11.8. The molecule has 0 fully saturated rings. The van der Waals surface area contributed by atoms with E-state index in [1.165, 1.54) is 18.2 Å². The summed E-state index contributed by atoms with van der Waals surface area (Å²) >= 11 is 11.6. The standard InChI is InChI=1S/C17H13Cl2NO4/c18-13-8-9-14(15(19)11-13)16(21)24-20-17(22)23-10-4-7-12-5-2-1-3-6-12/h1-9,11H,10H2,(H,20,22)/b7-4-. The van der Waals surface area contributed by atoms with Crippen molar-refractivity contribution in [3.63, 3.8) is 0 Å². The highest BCUT2D eigenvalue weighted by molar-refractivity contribution is 6.36. The highest BCUT2D eigenvalue weighted by Crippen LogP contribution is 2.21. The van der Waals surface area contributed by atoms with Crippen LogP contribution in [0, 0.1) is 0 Å². The molecule has 1 amide bonds. The van der Waals surface area contributed by atoms with Gasteiger partial charge in [-0.1, -0.05) is 59.6 Å². The maximum Gasteiger partial charge on any atom is 0.441 e. The van der Waals surface area contributed by atoms with E-state index in [0.717, 1.165) is 5.56 Å². The predicted molar refractivity (Wildman–Crippen MR) is 91.8 cm³/mol. The van der Waals surface area contributed by atoms with E-state index in [-0.39, 0.29) is 17.2 Å². The van der Waals surface area contributed by atoms with Crippen LogP contribution < -0.4 is 5.48 Å². The van der Waals surface area contributed by atoms with Crippen LogP contribution in [0.1, 0.15) is 15.9 Å². The smallest absolute Gasteiger partial charge is 0.441 e. The Morgan fingerprint density at radius 3 is 2.54 bits per heavy atom. The predicted octanol–water partition coefficient (Wildman–Crippen LogP) is 4.50. The zero-order chi connectivity index (χ0) is 17.4. The van der Waals surface area contributed by atoms with E-state index in [1.807, 2.05) is 35.8 Å². The molecule has 0 saturated carbocycles. The van der Waals surface area contributed by atoms with Gasteiger partial charge in [0, 0.05) is 5.02 Å². The number of hydrogen-bond acceptors (Lipinski definition) is 4. The minimum absolute atomic E-state index is 0.0278. The highest BCUT2D eigenvalue weighted by atomic mass is 35.5. The molecule has 1 N–H and O–H groups in total. The molecule has 0 aromatic heterocycles. The van der Waals surface area contributed by atoms with Gasteiger partial charge in [0.15, 0.2) is 0 Å². The molecule has 2 aromatic rings. The van der Waals surface area contributed by atoms with Gasteiger partial charge in [-0.05, 0) is 29.8 Å². The van der Waals surface area contributed by atoms with E-state index in [2.05, 4.69) is 4.84 Å². The Balaban J connectivity index is 1.74. The van der Waals surface area contributed by atoms with Gasteiger partial charge in [0.2, 0.25) is 0 Å².